The van der Waals surface area contributed by atoms with Gasteiger partial charge in [0.1, 0.15) is 5.75 Å². The maximum absolute atomic E-state index is 11.8. The summed E-state index contributed by atoms with van der Waals surface area (Å²) in [4.78, 5) is 11.8. The van der Waals surface area contributed by atoms with Crippen LogP contribution < -0.4 is 4.74 Å². The van der Waals surface area contributed by atoms with Crippen molar-refractivity contribution in [1.82, 2.24) is 0 Å². The van der Waals surface area contributed by atoms with E-state index < -0.39 is 10.8 Å². The second kappa shape index (κ2) is 6.43. The predicted molar refractivity (Wildman–Crippen MR) is 65.5 cm³/mol. The Kier molecular flexibility index (Phi) is 5.19. The zero-order valence-corrected chi connectivity index (χ0v) is 10.4. The molecule has 0 spiro atoms. The van der Waals surface area contributed by atoms with E-state index in [0.29, 0.717) is 23.7 Å². The zero-order valence-electron chi connectivity index (χ0n) is 9.56. The number of carbonyl (C=O) groups excluding carboxylic acids is 1. The van der Waals surface area contributed by atoms with Gasteiger partial charge >= 0.3 is 0 Å². The summed E-state index contributed by atoms with van der Waals surface area (Å²) in [6.45, 7) is 4.18. The molecule has 0 bridgehead atoms. The number of ether oxygens (including phenoxy) is 1. The van der Waals surface area contributed by atoms with Crippen molar-refractivity contribution in [3.05, 3.63) is 29.8 Å². The Balaban J connectivity index is 2.85. The number of hydrogen-bond acceptors (Lipinski definition) is 3. The van der Waals surface area contributed by atoms with Crippen molar-refractivity contribution in [1.29, 1.82) is 0 Å². The SMILES string of the molecule is CCOc1ccccc1C(=O)CS(=O)CC. The summed E-state index contributed by atoms with van der Waals surface area (Å²) < 4.78 is 16.7. The predicted octanol–water partition coefficient (Wildman–Crippen LogP) is 2.04. The molecule has 0 saturated carbocycles. The molecule has 0 aromatic heterocycles. The van der Waals surface area contributed by atoms with Gasteiger partial charge in [-0.15, -0.1) is 0 Å². The number of ketones is 1. The van der Waals surface area contributed by atoms with Gasteiger partial charge in [-0.25, -0.2) is 0 Å². The summed E-state index contributed by atoms with van der Waals surface area (Å²) in [5.74, 6) is 1.02. The molecule has 0 fully saturated rings. The highest BCUT2D eigenvalue weighted by atomic mass is 32.2. The molecule has 16 heavy (non-hydrogen) atoms. The highest BCUT2D eigenvalue weighted by Gasteiger charge is 2.13. The molecule has 1 atom stereocenters. The maximum atomic E-state index is 11.8. The van der Waals surface area contributed by atoms with Crippen LogP contribution in [0.25, 0.3) is 0 Å². The average molecular weight is 240 g/mol. The summed E-state index contributed by atoms with van der Waals surface area (Å²) >= 11 is 0. The molecule has 0 radical (unpaired) electrons. The lowest BCUT2D eigenvalue weighted by molar-refractivity contribution is 0.101. The Morgan fingerprint density at radius 1 is 1.31 bits per heavy atom. The molecule has 88 valence electrons. The Bertz CT molecular complexity index is 388. The minimum atomic E-state index is -1.07. The van der Waals surface area contributed by atoms with Crippen LogP contribution in [0.2, 0.25) is 0 Å². The van der Waals surface area contributed by atoms with E-state index in [-0.39, 0.29) is 11.5 Å². The lowest BCUT2D eigenvalue weighted by atomic mass is 10.1. The van der Waals surface area contributed by atoms with E-state index >= 15 is 0 Å². The summed E-state index contributed by atoms with van der Waals surface area (Å²) in [6, 6.07) is 7.06. The van der Waals surface area contributed by atoms with Gasteiger partial charge in [0.2, 0.25) is 0 Å². The van der Waals surface area contributed by atoms with Crippen LogP contribution >= 0.6 is 0 Å². The fourth-order valence-corrected chi connectivity index (χ4v) is 1.96. The molecule has 0 aliphatic heterocycles. The van der Waals surface area contributed by atoms with Crippen molar-refractivity contribution in [3.63, 3.8) is 0 Å². The molecular weight excluding hydrogens is 224 g/mol. The van der Waals surface area contributed by atoms with Crippen LogP contribution in [0.15, 0.2) is 24.3 Å². The molecule has 4 heteroatoms. The summed E-state index contributed by atoms with van der Waals surface area (Å²) in [7, 11) is -1.07. The molecular formula is C12H16O3S. The normalized spacial score (nSPS) is 12.1. The number of para-hydroxylation sites is 1. The third-order valence-electron chi connectivity index (χ3n) is 2.10. The quantitative estimate of drug-likeness (QED) is 0.715. The number of hydrogen-bond donors (Lipinski definition) is 0. The van der Waals surface area contributed by atoms with Crippen molar-refractivity contribution in [2.75, 3.05) is 18.1 Å². The van der Waals surface area contributed by atoms with E-state index in [1.807, 2.05) is 13.0 Å². The Morgan fingerprint density at radius 2 is 2.00 bits per heavy atom. The average Bonchev–Trinajstić information content (AvgIpc) is 2.30. The van der Waals surface area contributed by atoms with E-state index in [1.54, 1.807) is 25.1 Å². The van der Waals surface area contributed by atoms with Gasteiger partial charge < -0.3 is 4.74 Å². The minimum absolute atomic E-state index is 0.0700. The highest BCUT2D eigenvalue weighted by molar-refractivity contribution is 7.85. The van der Waals surface area contributed by atoms with Crippen LogP contribution in [0.1, 0.15) is 24.2 Å². The zero-order chi connectivity index (χ0) is 12.0. The molecule has 0 aliphatic carbocycles. The minimum Gasteiger partial charge on any atom is -0.493 e. The Morgan fingerprint density at radius 3 is 2.62 bits per heavy atom. The van der Waals surface area contributed by atoms with Gasteiger partial charge in [-0.3, -0.25) is 9.00 Å². The van der Waals surface area contributed by atoms with Crippen molar-refractivity contribution >= 4 is 16.6 Å². The standard InChI is InChI=1S/C12H16O3S/c1-3-15-12-8-6-5-7-10(12)11(13)9-16(14)4-2/h5-8H,3-4,9H2,1-2H3. The number of benzene rings is 1. The molecule has 0 heterocycles. The molecule has 0 N–H and O–H groups in total. The Hall–Kier alpha value is -1.16. The van der Waals surface area contributed by atoms with Gasteiger partial charge in [-0.1, -0.05) is 19.1 Å². The molecule has 1 aromatic carbocycles. The first-order valence-electron chi connectivity index (χ1n) is 5.29. The van der Waals surface area contributed by atoms with Gasteiger partial charge in [0, 0.05) is 16.6 Å². The topological polar surface area (TPSA) is 43.4 Å². The number of carbonyl (C=O) groups is 1. The molecule has 0 amide bonds. The first-order valence-corrected chi connectivity index (χ1v) is 6.77. The second-order valence-electron chi connectivity index (χ2n) is 3.23. The molecule has 1 rings (SSSR count). The smallest absolute Gasteiger partial charge is 0.179 e. The van der Waals surface area contributed by atoms with Gasteiger partial charge in [0.25, 0.3) is 0 Å². The van der Waals surface area contributed by atoms with Gasteiger partial charge in [-0.05, 0) is 19.1 Å². The van der Waals surface area contributed by atoms with E-state index in [4.69, 9.17) is 4.74 Å². The van der Waals surface area contributed by atoms with Crippen LogP contribution in [0.4, 0.5) is 0 Å². The third kappa shape index (κ3) is 3.45. The third-order valence-corrected chi connectivity index (χ3v) is 3.33. The first-order chi connectivity index (χ1) is 7.69. The first kappa shape index (κ1) is 12.9. The van der Waals surface area contributed by atoms with Gasteiger partial charge in [0.05, 0.1) is 17.9 Å². The Labute approximate surface area is 98.3 Å². The lowest BCUT2D eigenvalue weighted by Gasteiger charge is -2.08. The fourth-order valence-electron chi connectivity index (χ4n) is 1.30. The van der Waals surface area contributed by atoms with Gasteiger partial charge in [0.15, 0.2) is 5.78 Å². The van der Waals surface area contributed by atoms with Crippen LogP contribution in [0.5, 0.6) is 5.75 Å². The summed E-state index contributed by atoms with van der Waals surface area (Å²) in [5.41, 5.74) is 0.520. The van der Waals surface area contributed by atoms with Crippen LogP contribution in [-0.2, 0) is 10.8 Å². The molecule has 0 aliphatic rings. The molecule has 3 nitrogen and oxygen atoms in total. The maximum Gasteiger partial charge on any atom is 0.179 e. The lowest BCUT2D eigenvalue weighted by Crippen LogP contribution is -2.13. The summed E-state index contributed by atoms with van der Waals surface area (Å²) in [6.07, 6.45) is 0. The molecule has 1 aromatic rings. The van der Waals surface area contributed by atoms with Crippen molar-refractivity contribution in [2.45, 2.75) is 13.8 Å². The fraction of sp³-hybridized carbons (Fsp3) is 0.417. The molecule has 1 unspecified atom stereocenters. The van der Waals surface area contributed by atoms with Crippen LogP contribution in [-0.4, -0.2) is 28.1 Å². The van der Waals surface area contributed by atoms with E-state index in [9.17, 15) is 9.00 Å². The number of Topliss-reactive ketones (excluding diaryl/α,β-unsaturated/α-hetero) is 1. The van der Waals surface area contributed by atoms with Crippen LogP contribution in [0.3, 0.4) is 0 Å². The van der Waals surface area contributed by atoms with Crippen molar-refractivity contribution in [3.8, 4) is 5.75 Å². The van der Waals surface area contributed by atoms with Crippen molar-refractivity contribution in [2.24, 2.45) is 0 Å². The van der Waals surface area contributed by atoms with Crippen molar-refractivity contribution < 1.29 is 13.7 Å². The van der Waals surface area contributed by atoms with E-state index in [1.165, 1.54) is 0 Å². The largest absolute Gasteiger partial charge is 0.493 e. The monoisotopic (exact) mass is 240 g/mol. The second-order valence-corrected chi connectivity index (χ2v) is 4.97. The van der Waals surface area contributed by atoms with E-state index in [2.05, 4.69) is 0 Å². The highest BCUT2D eigenvalue weighted by Crippen LogP contribution is 2.18. The molecule has 0 saturated heterocycles. The summed E-state index contributed by atoms with van der Waals surface area (Å²) in [5, 5.41) is 0. The van der Waals surface area contributed by atoms with Crippen LogP contribution in [0, 0.1) is 0 Å². The van der Waals surface area contributed by atoms with E-state index in [0.717, 1.165) is 0 Å². The van der Waals surface area contributed by atoms with Gasteiger partial charge in [-0.2, -0.15) is 0 Å². The number of rotatable bonds is 6.